The molecular formula is C44H66N3O34-3. The molecule has 6 aliphatic heterocycles. The van der Waals surface area contributed by atoms with Crippen molar-refractivity contribution < 1.29 is 167 Å². The Morgan fingerprint density at radius 1 is 0.457 bits per heavy atom. The van der Waals surface area contributed by atoms with E-state index in [4.69, 9.17) is 61.6 Å². The largest absolute Gasteiger partial charge is 0.547 e. The Morgan fingerprint density at radius 2 is 0.802 bits per heavy atom. The number of methoxy groups -OCH3 is 2. The summed E-state index contributed by atoms with van der Waals surface area (Å²) < 4.78 is 72.0. The quantitative estimate of drug-likeness (QED) is 0.0475. The van der Waals surface area contributed by atoms with Crippen molar-refractivity contribution in [3.63, 3.8) is 0 Å². The van der Waals surface area contributed by atoms with Gasteiger partial charge in [0.05, 0.1) is 37.7 Å². The van der Waals surface area contributed by atoms with Crippen molar-refractivity contribution in [2.24, 2.45) is 0 Å². The number of hydrogen-bond acceptors (Lipinski definition) is 34. The standard InChI is InChI=1S/C44H69N3O34/c1-11(51)45-19-27(22(54)16(8-48)73-37(19)70-5)77-41-32(59)43(67,6-14(71-41)34(61)62)81-39-21(47-13(3)53)29(24(56)18(10-50)75-39)78-42-33(60)44(68,7-15(72-42)35(63)64)80-38-20(46-12(2)52)28(23(55)17(9-49)74-38)76-40-26(58)25(57)30(69-4)31(79-40)36(65)66/h14-33,37-42,48-50,54-60,67-68H,6-10H2,1-5H3,(H,45,51)(H,46,52)(H,47,53)(H,61,62)(H,63,64)(H,65,66)/p-3/t14?,15?,16?,17?,18?,19?,20?,21?,22-,23-,24-,25+,26?,27+,28+,29+,30+,31?,32?,33?,37+,38-,39-,40+,41-,42-,43-,44-/m0/s1. The fraction of sp³-hybridized carbons (Fsp3) is 0.864. The van der Waals surface area contributed by atoms with E-state index in [-0.39, 0.29) is 0 Å². The average Bonchev–Trinajstić information content (AvgIpc) is 3.49. The second-order valence-corrected chi connectivity index (χ2v) is 19.6. The summed E-state index contributed by atoms with van der Waals surface area (Å²) in [6, 6.07) is -5.67. The molecule has 6 aliphatic rings. The lowest BCUT2D eigenvalue weighted by molar-refractivity contribution is -0.434. The molecule has 12 unspecified atom stereocenters. The second kappa shape index (κ2) is 27.2. The van der Waals surface area contributed by atoms with Gasteiger partial charge >= 0.3 is 0 Å². The molecule has 0 bridgehead atoms. The van der Waals surface area contributed by atoms with Gasteiger partial charge in [-0.25, -0.2) is 0 Å². The maximum atomic E-state index is 12.9. The van der Waals surface area contributed by atoms with Crippen molar-refractivity contribution in [1.29, 1.82) is 0 Å². The van der Waals surface area contributed by atoms with Crippen molar-refractivity contribution in [1.82, 2.24) is 16.0 Å². The van der Waals surface area contributed by atoms with Crippen molar-refractivity contribution in [2.75, 3.05) is 34.0 Å². The van der Waals surface area contributed by atoms with Crippen LogP contribution in [0.1, 0.15) is 33.6 Å². The number of rotatable bonds is 21. The molecular weight excluding hydrogens is 1110 g/mol. The Morgan fingerprint density at radius 3 is 1.11 bits per heavy atom. The first-order valence-corrected chi connectivity index (χ1v) is 24.8. The van der Waals surface area contributed by atoms with E-state index in [1.54, 1.807) is 0 Å². The summed E-state index contributed by atoms with van der Waals surface area (Å²) in [5.41, 5.74) is 0. The van der Waals surface area contributed by atoms with E-state index in [0.29, 0.717) is 0 Å². The van der Waals surface area contributed by atoms with Crippen LogP contribution in [-0.2, 0) is 90.3 Å². The van der Waals surface area contributed by atoms with Gasteiger partial charge in [0.15, 0.2) is 49.9 Å². The summed E-state index contributed by atoms with van der Waals surface area (Å²) in [6.07, 6.45) is -52.4. The molecule has 6 rings (SSSR count). The number of ether oxygens (including phenoxy) is 13. The van der Waals surface area contributed by atoms with Crippen LogP contribution in [0.15, 0.2) is 0 Å². The molecule has 0 aromatic heterocycles. The molecule has 0 aromatic carbocycles. The van der Waals surface area contributed by atoms with Crippen LogP contribution in [0.3, 0.4) is 0 Å². The smallest absolute Gasteiger partial charge is 0.217 e. The minimum absolute atomic E-state index is 0.763. The second-order valence-electron chi connectivity index (χ2n) is 19.6. The minimum atomic E-state index is -3.43. The van der Waals surface area contributed by atoms with Gasteiger partial charge in [-0.3, -0.25) is 14.4 Å². The van der Waals surface area contributed by atoms with E-state index in [1.165, 1.54) is 0 Å². The highest BCUT2D eigenvalue weighted by molar-refractivity contribution is 5.74. The third-order valence-corrected chi connectivity index (χ3v) is 14.0. The number of nitrogens with one attached hydrogen (secondary N) is 3. The predicted octanol–water partition coefficient (Wildman–Crippen LogP) is -15.4. The third-order valence-electron chi connectivity index (χ3n) is 14.0. The Labute approximate surface area is 456 Å². The lowest BCUT2D eigenvalue weighted by atomic mass is 9.93. The van der Waals surface area contributed by atoms with Crippen molar-refractivity contribution in [2.45, 2.75) is 205 Å². The van der Waals surface area contributed by atoms with Crippen LogP contribution < -0.4 is 31.3 Å². The molecule has 0 saturated carbocycles. The monoisotopic (exact) mass is 1180 g/mol. The highest BCUT2D eigenvalue weighted by Gasteiger charge is 2.61. The maximum absolute atomic E-state index is 12.9. The van der Waals surface area contributed by atoms with Crippen molar-refractivity contribution in [3.05, 3.63) is 0 Å². The molecule has 37 nitrogen and oxygen atoms in total. The Hall–Kier alpha value is -4.18. The summed E-state index contributed by atoms with van der Waals surface area (Å²) >= 11 is 0. The van der Waals surface area contributed by atoms with Gasteiger partial charge in [-0.1, -0.05) is 0 Å². The third kappa shape index (κ3) is 14.3. The normalized spacial score (nSPS) is 45.7. The molecule has 0 aromatic rings. The Kier molecular flexibility index (Phi) is 22.2. The van der Waals surface area contributed by atoms with Gasteiger partial charge in [-0.15, -0.1) is 0 Å². The average molecular weight is 1180 g/mol. The first-order valence-electron chi connectivity index (χ1n) is 24.8. The number of carbonyl (C=O) groups excluding carboxylic acids is 6. The van der Waals surface area contributed by atoms with Gasteiger partial charge in [-0.2, -0.15) is 0 Å². The van der Waals surface area contributed by atoms with Crippen LogP contribution in [0.5, 0.6) is 0 Å². The number of aliphatic hydroxyl groups excluding tert-OH is 10. The predicted molar refractivity (Wildman–Crippen MR) is 237 cm³/mol. The van der Waals surface area contributed by atoms with Crippen LogP contribution >= 0.6 is 0 Å². The summed E-state index contributed by atoms with van der Waals surface area (Å²) in [6.45, 7) is -0.484. The van der Waals surface area contributed by atoms with E-state index in [1.807, 2.05) is 0 Å². The maximum Gasteiger partial charge on any atom is 0.217 e. The van der Waals surface area contributed by atoms with Crippen LogP contribution in [0.4, 0.5) is 0 Å². The summed E-state index contributed by atoms with van der Waals surface area (Å²) in [7, 11) is 2.06. The van der Waals surface area contributed by atoms with Gasteiger partial charge in [0.25, 0.3) is 0 Å². The topological polar surface area (TPSA) is 570 Å². The molecule has 15 N–H and O–H groups in total. The van der Waals surface area contributed by atoms with E-state index in [0.717, 1.165) is 35.0 Å². The van der Waals surface area contributed by atoms with Crippen LogP contribution in [0.25, 0.3) is 0 Å². The van der Waals surface area contributed by atoms with Crippen molar-refractivity contribution >= 4 is 35.6 Å². The number of aliphatic hydroxyl groups is 12. The van der Waals surface area contributed by atoms with Crippen LogP contribution in [-0.4, -0.2) is 302 Å². The first kappa shape index (κ1) is 66.0. The van der Waals surface area contributed by atoms with Gasteiger partial charge in [0.2, 0.25) is 29.3 Å². The van der Waals surface area contributed by atoms with Gasteiger partial charge in [0.1, 0.15) is 110 Å². The van der Waals surface area contributed by atoms with Crippen molar-refractivity contribution in [3.8, 4) is 0 Å². The fourth-order valence-corrected chi connectivity index (χ4v) is 10.0. The van der Waals surface area contributed by atoms with E-state index < -0.39 is 239 Å². The number of carboxylic acid groups (broad SMARTS) is 3. The first-order chi connectivity index (χ1) is 38.0. The number of amides is 3. The zero-order chi connectivity index (χ0) is 60.3. The molecule has 6 saturated heterocycles. The lowest BCUT2D eigenvalue weighted by Gasteiger charge is -2.52. The SMILES string of the molecule is CO[C@@H]1OC(CO)[C@H](O)[C@H](O[C@@H]2OC(C(=O)[O-])C[C@](O)(O[C@@H]3OC(CO)[C@H](O)[C@H](O[C@@H]4OC(C(=O)[O-])C[C@](O)(O[C@@H]5OC(CO)[C@H](O)[C@H](O[C@@H]6OC(C(=O)[O-])[C@H](OC)[C@H](O)C6O)C5NC(C)=O)C4O)C3NC(C)=O)C2O)C1NC(C)=O. The summed E-state index contributed by atoms with van der Waals surface area (Å²) in [4.78, 5) is 74.8. The fourth-order valence-electron chi connectivity index (χ4n) is 10.0. The highest BCUT2D eigenvalue weighted by Crippen LogP contribution is 2.41. The van der Waals surface area contributed by atoms with Crippen LogP contribution in [0.2, 0.25) is 0 Å². The van der Waals surface area contributed by atoms with E-state index in [9.17, 15) is 105 Å². The minimum Gasteiger partial charge on any atom is -0.547 e. The molecule has 0 spiro atoms. The van der Waals surface area contributed by atoms with Crippen LogP contribution in [0, 0.1) is 0 Å². The number of carbonyl (C=O) groups is 6. The molecule has 0 radical (unpaired) electrons. The zero-order valence-corrected chi connectivity index (χ0v) is 43.4. The molecule has 37 heteroatoms. The highest BCUT2D eigenvalue weighted by atomic mass is 16.8. The molecule has 6 fully saturated rings. The van der Waals surface area contributed by atoms with E-state index >= 15 is 0 Å². The molecule has 3 amide bonds. The zero-order valence-electron chi connectivity index (χ0n) is 43.4. The lowest BCUT2D eigenvalue weighted by Crippen LogP contribution is -2.72. The molecule has 0 aliphatic carbocycles. The molecule has 28 atom stereocenters. The van der Waals surface area contributed by atoms with Gasteiger partial charge in [-0.05, 0) is 0 Å². The molecule has 81 heavy (non-hydrogen) atoms. The van der Waals surface area contributed by atoms with Gasteiger partial charge < -0.3 is 169 Å². The molecule has 464 valence electrons. The Balaban J connectivity index is 1.32. The Bertz CT molecular complexity index is 2190. The van der Waals surface area contributed by atoms with Gasteiger partial charge in [0, 0.05) is 47.8 Å². The molecule has 6 heterocycles. The number of carboxylic acids is 3. The summed E-state index contributed by atoms with van der Waals surface area (Å²) in [5, 5.41) is 178. The number of hydrogen-bond donors (Lipinski definition) is 15. The number of aliphatic carboxylic acids is 3. The summed E-state index contributed by atoms with van der Waals surface area (Å²) in [5.74, 6) is -15.8. The van der Waals surface area contributed by atoms with E-state index in [2.05, 4.69) is 16.0 Å².